The van der Waals surface area contributed by atoms with E-state index in [0.717, 1.165) is 5.71 Å². The zero-order valence-corrected chi connectivity index (χ0v) is 31.5. The number of aliphatic carboxylic acids is 1. The third-order valence-electron chi connectivity index (χ3n) is 7.03. The molecule has 0 saturated heterocycles. The molecule has 0 aliphatic heterocycles. The Morgan fingerprint density at radius 1 is 0.655 bits per heavy atom. The van der Waals surface area contributed by atoms with Gasteiger partial charge in [-0.3, -0.25) is 0 Å². The molecular weight excluding hydrogens is 753 g/mol. The van der Waals surface area contributed by atoms with E-state index < -0.39 is 24.1 Å². The van der Waals surface area contributed by atoms with Crippen molar-refractivity contribution >= 4 is 62.9 Å². The summed E-state index contributed by atoms with van der Waals surface area (Å²) < 4.78 is 27.3. The standard InChI is InChI=1S/C22H22ClN3O5.C17H13ClN2O4/c1-14(2)26-29-11-10-28-22(27)15(3)30-17-5-7-18(8-6-17)31-21-13-24-20-12-16(23)4-9-19(20)25-21;1-10(17(21)22)23-12-3-5-13(6-4-12)24-16-9-19-15-8-11(18)2-7-14(15)20-16/h4-9,12-13,15H,10-11H2,1-3H3;2-10H,1H3,(H,21,22). The van der Waals surface area contributed by atoms with Gasteiger partial charge >= 0.3 is 11.9 Å². The van der Waals surface area contributed by atoms with Gasteiger partial charge in [0.25, 0.3) is 0 Å². The fraction of sp³-hybridized carbons (Fsp3) is 0.205. The summed E-state index contributed by atoms with van der Waals surface area (Å²) in [6, 6.07) is 23.9. The van der Waals surface area contributed by atoms with E-state index >= 15 is 0 Å². The maximum Gasteiger partial charge on any atom is 0.347 e. The van der Waals surface area contributed by atoms with Gasteiger partial charge in [0.05, 0.1) is 40.2 Å². The van der Waals surface area contributed by atoms with Crippen molar-refractivity contribution in [3.63, 3.8) is 0 Å². The van der Waals surface area contributed by atoms with Gasteiger partial charge < -0.3 is 33.6 Å². The minimum atomic E-state index is -1.03. The predicted molar refractivity (Wildman–Crippen MR) is 206 cm³/mol. The Kier molecular flexibility index (Phi) is 13.9. The summed E-state index contributed by atoms with van der Waals surface area (Å²) in [5, 5.41) is 13.8. The third-order valence-corrected chi connectivity index (χ3v) is 7.50. The molecule has 0 bridgehead atoms. The maximum atomic E-state index is 12.0. The Bertz CT molecular complexity index is 2270. The van der Waals surface area contributed by atoms with E-state index in [1.165, 1.54) is 19.3 Å². The Morgan fingerprint density at radius 2 is 1.11 bits per heavy atom. The highest BCUT2D eigenvalue weighted by Crippen LogP contribution is 2.26. The second kappa shape index (κ2) is 19.2. The van der Waals surface area contributed by atoms with Crippen LogP contribution in [0.3, 0.4) is 0 Å². The van der Waals surface area contributed by atoms with Crippen LogP contribution < -0.4 is 18.9 Å². The largest absolute Gasteiger partial charge is 0.479 e. The van der Waals surface area contributed by atoms with Crippen LogP contribution in [0.4, 0.5) is 0 Å². The number of ether oxygens (including phenoxy) is 5. The fourth-order valence-electron chi connectivity index (χ4n) is 4.42. The first-order chi connectivity index (χ1) is 26.4. The molecule has 2 heterocycles. The van der Waals surface area contributed by atoms with Crippen LogP contribution in [0.15, 0.2) is 102 Å². The summed E-state index contributed by atoms with van der Waals surface area (Å²) in [5.41, 5.74) is 3.50. The quantitative estimate of drug-likeness (QED) is 0.0481. The number of fused-ring (bicyclic) bond motifs is 2. The average Bonchev–Trinajstić information content (AvgIpc) is 3.16. The lowest BCUT2D eigenvalue weighted by molar-refractivity contribution is -0.152. The first kappa shape index (κ1) is 39.9. The van der Waals surface area contributed by atoms with Crippen LogP contribution in [0.2, 0.25) is 10.0 Å². The number of carboxylic acids is 1. The number of hydrogen-bond acceptors (Lipinski definition) is 13. The molecular formula is C39H35Cl2N5O9. The second-order valence-corrected chi connectivity index (χ2v) is 12.6. The molecule has 6 aromatic rings. The van der Waals surface area contributed by atoms with Crippen LogP contribution in [-0.4, -0.2) is 68.1 Å². The molecule has 55 heavy (non-hydrogen) atoms. The van der Waals surface area contributed by atoms with Gasteiger partial charge in [-0.05, 0) is 113 Å². The van der Waals surface area contributed by atoms with Crippen molar-refractivity contribution in [1.29, 1.82) is 0 Å². The number of benzene rings is 4. The number of carbonyl (C=O) groups excluding carboxylic acids is 1. The molecule has 0 aliphatic carbocycles. The topological polar surface area (TPSA) is 174 Å². The first-order valence-corrected chi connectivity index (χ1v) is 17.4. The molecule has 0 radical (unpaired) electrons. The van der Waals surface area contributed by atoms with Crippen molar-refractivity contribution in [3.05, 3.63) is 107 Å². The van der Waals surface area contributed by atoms with Gasteiger partial charge in [-0.15, -0.1) is 0 Å². The van der Waals surface area contributed by atoms with Crippen molar-refractivity contribution in [2.24, 2.45) is 5.16 Å². The summed E-state index contributed by atoms with van der Waals surface area (Å²) >= 11 is 11.9. The van der Waals surface area contributed by atoms with Crippen molar-refractivity contribution in [3.8, 4) is 34.8 Å². The van der Waals surface area contributed by atoms with E-state index in [9.17, 15) is 9.59 Å². The van der Waals surface area contributed by atoms with E-state index in [-0.39, 0.29) is 13.2 Å². The molecule has 16 heteroatoms. The summed E-state index contributed by atoms with van der Waals surface area (Å²) in [5.74, 6) is 1.20. The van der Waals surface area contributed by atoms with E-state index in [0.29, 0.717) is 66.9 Å². The van der Waals surface area contributed by atoms with Crippen LogP contribution in [0.5, 0.6) is 34.8 Å². The van der Waals surface area contributed by atoms with Gasteiger partial charge in [0.15, 0.2) is 18.8 Å². The summed E-state index contributed by atoms with van der Waals surface area (Å²) in [6.07, 6.45) is 1.34. The fourth-order valence-corrected chi connectivity index (χ4v) is 4.76. The normalized spacial score (nSPS) is 11.7. The lowest BCUT2D eigenvalue weighted by Gasteiger charge is -2.14. The number of carboxylic acid groups (broad SMARTS) is 1. The number of halogens is 2. The number of rotatable bonds is 14. The van der Waals surface area contributed by atoms with Crippen LogP contribution in [0.25, 0.3) is 22.1 Å². The van der Waals surface area contributed by atoms with Crippen molar-refractivity contribution in [1.82, 2.24) is 19.9 Å². The van der Waals surface area contributed by atoms with Crippen LogP contribution in [0.1, 0.15) is 27.7 Å². The molecule has 14 nitrogen and oxygen atoms in total. The number of nitrogens with zero attached hydrogens (tertiary/aromatic N) is 5. The molecule has 6 rings (SSSR count). The molecule has 2 unspecified atom stereocenters. The third kappa shape index (κ3) is 12.4. The first-order valence-electron chi connectivity index (χ1n) is 16.7. The smallest absolute Gasteiger partial charge is 0.347 e. The zero-order valence-electron chi connectivity index (χ0n) is 30.0. The van der Waals surface area contributed by atoms with Crippen LogP contribution >= 0.6 is 23.2 Å². The minimum absolute atomic E-state index is 0.0924. The Morgan fingerprint density at radius 3 is 1.56 bits per heavy atom. The van der Waals surface area contributed by atoms with E-state index in [4.69, 9.17) is 56.8 Å². The monoisotopic (exact) mass is 787 g/mol. The van der Waals surface area contributed by atoms with Crippen LogP contribution in [0, 0.1) is 0 Å². The van der Waals surface area contributed by atoms with Crippen molar-refractivity contribution in [2.45, 2.75) is 39.9 Å². The SMILES string of the molecule is CC(C)=NOCCOC(=O)C(C)Oc1ccc(Oc2cnc3cc(Cl)ccc3n2)cc1.CC(Oc1ccc(Oc2cnc3cc(Cl)ccc3n2)cc1)C(=O)O. The number of aromatic nitrogens is 4. The molecule has 2 atom stereocenters. The molecule has 0 saturated carbocycles. The van der Waals surface area contributed by atoms with Gasteiger partial charge in [-0.1, -0.05) is 28.4 Å². The Balaban J connectivity index is 0.000000218. The van der Waals surface area contributed by atoms with Gasteiger partial charge in [0, 0.05) is 10.0 Å². The lowest BCUT2D eigenvalue weighted by Crippen LogP contribution is -2.27. The van der Waals surface area contributed by atoms with Gasteiger partial charge in [-0.2, -0.15) is 0 Å². The zero-order chi connectivity index (χ0) is 39.3. The van der Waals surface area contributed by atoms with E-state index in [2.05, 4.69) is 25.1 Å². The molecule has 2 aromatic heterocycles. The van der Waals surface area contributed by atoms with Gasteiger partial charge in [-0.25, -0.2) is 29.5 Å². The highest BCUT2D eigenvalue weighted by Gasteiger charge is 2.17. The Hall–Kier alpha value is -6.25. The highest BCUT2D eigenvalue weighted by molar-refractivity contribution is 6.31. The molecule has 0 amide bonds. The summed E-state index contributed by atoms with van der Waals surface area (Å²) in [7, 11) is 0. The minimum Gasteiger partial charge on any atom is -0.479 e. The number of hydrogen-bond donors (Lipinski definition) is 1. The maximum absolute atomic E-state index is 12.0. The number of oxime groups is 1. The number of carbonyl (C=O) groups is 2. The average molecular weight is 789 g/mol. The van der Waals surface area contributed by atoms with E-state index in [1.54, 1.807) is 91.9 Å². The second-order valence-electron chi connectivity index (χ2n) is 11.7. The van der Waals surface area contributed by atoms with E-state index in [1.807, 2.05) is 13.8 Å². The molecule has 1 N–H and O–H groups in total. The molecule has 0 fully saturated rings. The predicted octanol–water partition coefficient (Wildman–Crippen LogP) is 8.73. The molecule has 0 aliphatic rings. The summed E-state index contributed by atoms with van der Waals surface area (Å²) in [6.45, 7) is 6.96. The molecule has 284 valence electrons. The highest BCUT2D eigenvalue weighted by atomic mass is 35.5. The Labute approximate surface area is 325 Å². The summed E-state index contributed by atoms with van der Waals surface area (Å²) in [4.78, 5) is 45.0. The van der Waals surface area contributed by atoms with Crippen molar-refractivity contribution in [2.75, 3.05) is 13.2 Å². The molecule has 0 spiro atoms. The number of esters is 1. The lowest BCUT2D eigenvalue weighted by atomic mass is 10.3. The molecule has 4 aromatic carbocycles. The van der Waals surface area contributed by atoms with Crippen LogP contribution in [-0.2, 0) is 19.2 Å². The van der Waals surface area contributed by atoms with Gasteiger partial charge in [0.1, 0.15) is 29.6 Å². The van der Waals surface area contributed by atoms with Gasteiger partial charge in [0.2, 0.25) is 11.8 Å². The van der Waals surface area contributed by atoms with Crippen molar-refractivity contribution < 1.29 is 43.2 Å².